The summed E-state index contributed by atoms with van der Waals surface area (Å²) in [4.78, 5) is 15.0. The lowest BCUT2D eigenvalue weighted by atomic mass is 10.0. The molecule has 1 aromatic heterocycles. The van der Waals surface area contributed by atoms with Crippen LogP contribution in [0.5, 0.6) is 5.75 Å². The molecule has 1 aliphatic heterocycles. The number of nitrogens with zero attached hydrogens (tertiary/aromatic N) is 2. The number of urea groups is 1. The number of fused-ring (bicyclic) bond motifs is 1. The van der Waals surface area contributed by atoms with Crippen molar-refractivity contribution in [2.75, 3.05) is 18.5 Å². The largest absolute Gasteiger partial charge is 0.494 e. The molecule has 3 aromatic rings. The second-order valence-electron chi connectivity index (χ2n) is 6.66. The van der Waals surface area contributed by atoms with Crippen molar-refractivity contribution in [1.82, 2.24) is 9.47 Å². The molecule has 28 heavy (non-hydrogen) atoms. The van der Waals surface area contributed by atoms with Crippen LogP contribution < -0.4 is 10.1 Å². The number of carbonyl (C=O) groups is 1. The predicted molar refractivity (Wildman–Crippen MR) is 114 cm³/mol. The van der Waals surface area contributed by atoms with E-state index in [4.69, 9.17) is 4.74 Å². The molecule has 2 heterocycles. The zero-order valence-corrected chi connectivity index (χ0v) is 17.2. The van der Waals surface area contributed by atoms with E-state index in [9.17, 15) is 4.79 Å². The molecule has 0 fully saturated rings. The van der Waals surface area contributed by atoms with E-state index in [1.807, 2.05) is 54.3 Å². The van der Waals surface area contributed by atoms with E-state index >= 15 is 0 Å². The third-order valence-corrected chi connectivity index (χ3v) is 5.43. The predicted octanol–water partition coefficient (Wildman–Crippen LogP) is 5.29. The summed E-state index contributed by atoms with van der Waals surface area (Å²) in [5, 5.41) is 3.03. The van der Waals surface area contributed by atoms with Crippen molar-refractivity contribution in [3.05, 3.63) is 82.6 Å². The number of anilines is 1. The minimum atomic E-state index is -0.125. The molecule has 2 aromatic carbocycles. The van der Waals surface area contributed by atoms with Gasteiger partial charge < -0.3 is 19.5 Å². The van der Waals surface area contributed by atoms with Crippen LogP contribution in [-0.4, -0.2) is 28.6 Å². The highest BCUT2D eigenvalue weighted by Crippen LogP contribution is 2.33. The van der Waals surface area contributed by atoms with Gasteiger partial charge in [-0.15, -0.1) is 0 Å². The topological polar surface area (TPSA) is 46.5 Å². The second kappa shape index (κ2) is 8.10. The van der Waals surface area contributed by atoms with Crippen LogP contribution in [0.1, 0.15) is 24.2 Å². The fourth-order valence-corrected chi connectivity index (χ4v) is 3.86. The monoisotopic (exact) mass is 439 g/mol. The van der Waals surface area contributed by atoms with Crippen molar-refractivity contribution >= 4 is 27.6 Å². The number of ether oxygens (including phenoxy) is 1. The van der Waals surface area contributed by atoms with Crippen molar-refractivity contribution in [1.29, 1.82) is 0 Å². The zero-order valence-electron chi connectivity index (χ0n) is 15.6. The average molecular weight is 440 g/mol. The standard InChI is InChI=1S/C22H22BrN3O2/c1-2-28-19-11-9-18(10-12-19)24-22(27)26-15-14-25-13-3-4-20(25)21(26)16-5-7-17(23)8-6-16/h3-13,21H,2,14-15H2,1H3,(H,24,27)/t21-/m0/s1. The number of hydrogen-bond donors (Lipinski definition) is 1. The fourth-order valence-electron chi connectivity index (χ4n) is 3.59. The first-order valence-corrected chi connectivity index (χ1v) is 10.2. The maximum absolute atomic E-state index is 13.1. The average Bonchev–Trinajstić information content (AvgIpc) is 3.18. The Balaban J connectivity index is 1.59. The number of carbonyl (C=O) groups excluding carboxylic acids is 1. The van der Waals surface area contributed by atoms with E-state index in [2.05, 4.69) is 50.2 Å². The van der Waals surface area contributed by atoms with Crippen LogP contribution in [-0.2, 0) is 6.54 Å². The quantitative estimate of drug-likeness (QED) is 0.600. The molecule has 0 unspecified atom stereocenters. The third kappa shape index (κ3) is 3.78. The summed E-state index contributed by atoms with van der Waals surface area (Å²) in [5.41, 5.74) is 2.96. The number of aromatic nitrogens is 1. The van der Waals surface area contributed by atoms with E-state index in [0.717, 1.165) is 33.7 Å². The van der Waals surface area contributed by atoms with E-state index in [1.165, 1.54) is 0 Å². The Labute approximate surface area is 173 Å². The van der Waals surface area contributed by atoms with Crippen LogP contribution in [0.2, 0.25) is 0 Å². The summed E-state index contributed by atoms with van der Waals surface area (Å²) < 4.78 is 8.70. The van der Waals surface area contributed by atoms with Gasteiger partial charge in [0.05, 0.1) is 12.6 Å². The van der Waals surface area contributed by atoms with Gasteiger partial charge in [0.2, 0.25) is 0 Å². The molecule has 1 N–H and O–H groups in total. The lowest BCUT2D eigenvalue weighted by molar-refractivity contribution is 0.182. The summed E-state index contributed by atoms with van der Waals surface area (Å²) in [6, 6.07) is 19.5. The van der Waals surface area contributed by atoms with Crippen LogP contribution in [0.25, 0.3) is 0 Å². The molecule has 4 rings (SSSR count). The van der Waals surface area contributed by atoms with Crippen LogP contribution >= 0.6 is 15.9 Å². The molecule has 144 valence electrons. The first-order chi connectivity index (χ1) is 13.7. The Morgan fingerprint density at radius 1 is 1.11 bits per heavy atom. The van der Waals surface area contributed by atoms with Gasteiger partial charge in [-0.1, -0.05) is 28.1 Å². The zero-order chi connectivity index (χ0) is 19.5. The highest BCUT2D eigenvalue weighted by atomic mass is 79.9. The minimum absolute atomic E-state index is 0.107. The highest BCUT2D eigenvalue weighted by molar-refractivity contribution is 9.10. The lowest BCUT2D eigenvalue weighted by Crippen LogP contribution is -2.44. The Kier molecular flexibility index (Phi) is 5.39. The molecular formula is C22H22BrN3O2. The third-order valence-electron chi connectivity index (χ3n) is 4.90. The molecule has 0 saturated heterocycles. The van der Waals surface area contributed by atoms with Gasteiger partial charge in [0, 0.05) is 35.1 Å². The Morgan fingerprint density at radius 3 is 2.57 bits per heavy atom. The molecule has 0 saturated carbocycles. The van der Waals surface area contributed by atoms with Crippen molar-refractivity contribution in [2.45, 2.75) is 19.5 Å². The normalized spacial score (nSPS) is 15.8. The van der Waals surface area contributed by atoms with Gasteiger partial charge in [0.15, 0.2) is 0 Å². The Hall–Kier alpha value is -2.73. The fraction of sp³-hybridized carbons (Fsp3) is 0.227. The molecule has 2 amide bonds. The maximum atomic E-state index is 13.1. The molecule has 0 aliphatic carbocycles. The molecular weight excluding hydrogens is 418 g/mol. The molecule has 1 aliphatic rings. The first-order valence-electron chi connectivity index (χ1n) is 9.36. The van der Waals surface area contributed by atoms with Gasteiger partial charge in [0.1, 0.15) is 5.75 Å². The summed E-state index contributed by atoms with van der Waals surface area (Å²) in [6.07, 6.45) is 2.07. The molecule has 0 bridgehead atoms. The van der Waals surface area contributed by atoms with Crippen LogP contribution in [0.15, 0.2) is 71.3 Å². The minimum Gasteiger partial charge on any atom is -0.494 e. The van der Waals surface area contributed by atoms with E-state index in [-0.39, 0.29) is 12.1 Å². The van der Waals surface area contributed by atoms with Gasteiger partial charge in [-0.2, -0.15) is 0 Å². The Morgan fingerprint density at radius 2 is 1.86 bits per heavy atom. The summed E-state index contributed by atoms with van der Waals surface area (Å²) >= 11 is 3.49. The molecule has 0 radical (unpaired) electrons. The number of rotatable bonds is 4. The maximum Gasteiger partial charge on any atom is 0.322 e. The van der Waals surface area contributed by atoms with Gasteiger partial charge in [-0.3, -0.25) is 0 Å². The van der Waals surface area contributed by atoms with E-state index in [1.54, 1.807) is 0 Å². The van der Waals surface area contributed by atoms with Crippen molar-refractivity contribution in [3.63, 3.8) is 0 Å². The summed E-state index contributed by atoms with van der Waals surface area (Å²) in [5.74, 6) is 0.795. The molecule has 1 atom stereocenters. The van der Waals surface area contributed by atoms with Crippen LogP contribution in [0.4, 0.5) is 10.5 Å². The highest BCUT2D eigenvalue weighted by Gasteiger charge is 2.32. The summed E-state index contributed by atoms with van der Waals surface area (Å²) in [6.45, 7) is 4.00. The molecule has 0 spiro atoms. The van der Waals surface area contributed by atoms with Crippen LogP contribution in [0.3, 0.4) is 0 Å². The van der Waals surface area contributed by atoms with Gasteiger partial charge in [-0.25, -0.2) is 4.79 Å². The lowest BCUT2D eigenvalue weighted by Gasteiger charge is -2.37. The summed E-state index contributed by atoms with van der Waals surface area (Å²) in [7, 11) is 0. The SMILES string of the molecule is CCOc1ccc(NC(=O)N2CCn3cccc3[C@@H]2c2ccc(Br)cc2)cc1. The number of benzene rings is 2. The van der Waals surface area contributed by atoms with Crippen molar-refractivity contribution < 1.29 is 9.53 Å². The molecule has 6 heteroatoms. The first kappa shape index (κ1) is 18.6. The molecule has 5 nitrogen and oxygen atoms in total. The van der Waals surface area contributed by atoms with Gasteiger partial charge >= 0.3 is 6.03 Å². The van der Waals surface area contributed by atoms with Crippen molar-refractivity contribution in [2.24, 2.45) is 0 Å². The van der Waals surface area contributed by atoms with E-state index < -0.39 is 0 Å². The van der Waals surface area contributed by atoms with E-state index in [0.29, 0.717) is 13.2 Å². The van der Waals surface area contributed by atoms with Crippen LogP contribution in [0, 0.1) is 0 Å². The van der Waals surface area contributed by atoms with Gasteiger partial charge in [-0.05, 0) is 61.0 Å². The number of halogens is 1. The number of nitrogens with one attached hydrogen (secondary N) is 1. The van der Waals surface area contributed by atoms with Gasteiger partial charge in [0.25, 0.3) is 0 Å². The second-order valence-corrected chi connectivity index (χ2v) is 7.58. The number of hydrogen-bond acceptors (Lipinski definition) is 2. The smallest absolute Gasteiger partial charge is 0.322 e. The number of amides is 2. The Bertz CT molecular complexity index is 951. The van der Waals surface area contributed by atoms with Crippen molar-refractivity contribution in [3.8, 4) is 5.75 Å².